The zero-order valence-electron chi connectivity index (χ0n) is 20.4. The van der Waals surface area contributed by atoms with Crippen molar-refractivity contribution < 1.29 is 14.7 Å². The number of aryl methyl sites for hydroxylation is 4. The van der Waals surface area contributed by atoms with Gasteiger partial charge in [-0.3, -0.25) is 9.13 Å². The van der Waals surface area contributed by atoms with Crippen molar-refractivity contribution in [2.75, 3.05) is 20.3 Å². The van der Waals surface area contributed by atoms with Gasteiger partial charge in [0.1, 0.15) is 5.49 Å². The second kappa shape index (κ2) is 9.87. The summed E-state index contributed by atoms with van der Waals surface area (Å²) in [5, 5.41) is 9.19. The molecule has 0 atom stereocenters. The van der Waals surface area contributed by atoms with Crippen LogP contribution < -0.4 is 26.1 Å². The van der Waals surface area contributed by atoms with Crippen LogP contribution in [0.25, 0.3) is 11.3 Å². The molecule has 8 heteroatoms. The van der Waals surface area contributed by atoms with Gasteiger partial charge in [-0.15, -0.1) is 0 Å². The maximum absolute atomic E-state index is 13.6. The van der Waals surface area contributed by atoms with E-state index in [1.54, 1.807) is 16.2 Å². The minimum absolute atomic E-state index is 0.160. The Morgan fingerprint density at radius 2 is 1.82 bits per heavy atom. The quantitative estimate of drug-likeness (QED) is 0.523. The molecule has 2 heterocycles. The lowest BCUT2D eigenvalue weighted by Gasteiger charge is -2.25. The van der Waals surface area contributed by atoms with Gasteiger partial charge in [0.15, 0.2) is 11.5 Å². The fourth-order valence-corrected chi connectivity index (χ4v) is 4.70. The first-order valence-corrected chi connectivity index (χ1v) is 11.6. The molecule has 0 spiro atoms. The molecule has 1 aliphatic rings. The van der Waals surface area contributed by atoms with E-state index in [1.807, 2.05) is 39.0 Å². The third-order valence-corrected chi connectivity index (χ3v) is 6.17. The summed E-state index contributed by atoms with van der Waals surface area (Å²) in [7, 11) is 1.62. The van der Waals surface area contributed by atoms with E-state index in [1.165, 1.54) is 5.56 Å². The van der Waals surface area contributed by atoms with Gasteiger partial charge in [-0.25, -0.2) is 15.3 Å². The van der Waals surface area contributed by atoms with Crippen LogP contribution in [0.4, 0.5) is 5.69 Å². The van der Waals surface area contributed by atoms with E-state index < -0.39 is 0 Å². The molecular weight excluding hydrogens is 432 g/mol. The first-order valence-electron chi connectivity index (χ1n) is 11.6. The van der Waals surface area contributed by atoms with Crippen molar-refractivity contribution in [3.05, 3.63) is 68.6 Å². The molecule has 0 amide bonds. The first-order chi connectivity index (χ1) is 16.4. The summed E-state index contributed by atoms with van der Waals surface area (Å²) < 4.78 is 14.7. The molecule has 0 radical (unpaired) electrons. The number of hydrogen-bond donors (Lipinski definition) is 2. The first kappa shape index (κ1) is 23.8. The Hall–Kier alpha value is -3.36. The van der Waals surface area contributed by atoms with Crippen LogP contribution in [0.1, 0.15) is 29.2 Å². The highest BCUT2D eigenvalue weighted by atomic mass is 16.5. The second-order valence-electron chi connectivity index (χ2n) is 8.58. The van der Waals surface area contributed by atoms with Gasteiger partial charge in [0, 0.05) is 31.3 Å². The third kappa shape index (κ3) is 4.38. The number of hydroxylamine groups is 1. The zero-order valence-corrected chi connectivity index (χ0v) is 20.4. The number of aromatic nitrogens is 2. The van der Waals surface area contributed by atoms with Crippen LogP contribution in [0.2, 0.25) is 0 Å². The van der Waals surface area contributed by atoms with Crippen molar-refractivity contribution in [1.82, 2.24) is 14.6 Å². The van der Waals surface area contributed by atoms with Crippen molar-refractivity contribution in [3.8, 4) is 22.8 Å². The minimum Gasteiger partial charge on any atom is -0.493 e. The van der Waals surface area contributed by atoms with Crippen molar-refractivity contribution in [2.24, 2.45) is 4.99 Å². The Balaban J connectivity index is 1.99. The minimum atomic E-state index is -0.160. The highest BCUT2D eigenvalue weighted by Crippen LogP contribution is 2.37. The van der Waals surface area contributed by atoms with E-state index in [0.29, 0.717) is 36.6 Å². The lowest BCUT2D eigenvalue weighted by atomic mass is 9.97. The summed E-state index contributed by atoms with van der Waals surface area (Å²) >= 11 is 0. The lowest BCUT2D eigenvalue weighted by Crippen LogP contribution is -2.43. The average Bonchev–Trinajstić information content (AvgIpc) is 2.80. The molecule has 3 aromatic rings. The summed E-state index contributed by atoms with van der Waals surface area (Å²) in [6.07, 6.45) is 0.706. The Kier molecular flexibility index (Phi) is 6.90. The van der Waals surface area contributed by atoms with Gasteiger partial charge < -0.3 is 14.7 Å². The molecule has 1 aliphatic heterocycles. The molecule has 0 fully saturated rings. The number of benzene rings is 2. The predicted octanol–water partition coefficient (Wildman–Crippen LogP) is 3.42. The maximum atomic E-state index is 13.6. The fraction of sp³-hybridized carbons (Fsp3) is 0.385. The van der Waals surface area contributed by atoms with Gasteiger partial charge in [0.05, 0.1) is 25.1 Å². The Morgan fingerprint density at radius 1 is 1.09 bits per heavy atom. The van der Waals surface area contributed by atoms with Crippen LogP contribution in [0.15, 0.2) is 40.1 Å². The number of rotatable bonds is 7. The van der Waals surface area contributed by atoms with Gasteiger partial charge >= 0.3 is 5.69 Å². The van der Waals surface area contributed by atoms with Crippen LogP contribution in [0, 0.1) is 20.8 Å². The topological polar surface area (TPSA) is 90.0 Å². The van der Waals surface area contributed by atoms with Gasteiger partial charge in [0.2, 0.25) is 0 Å². The molecule has 8 nitrogen and oxygen atoms in total. The Morgan fingerprint density at radius 3 is 2.47 bits per heavy atom. The molecule has 0 aliphatic carbocycles. The summed E-state index contributed by atoms with van der Waals surface area (Å²) in [4.78, 5) is 18.5. The number of nitrogens with one attached hydrogen (secondary N) is 1. The highest BCUT2D eigenvalue weighted by Gasteiger charge is 2.22. The Bertz CT molecular complexity index is 1330. The summed E-state index contributed by atoms with van der Waals surface area (Å²) in [5.74, 6) is 1.33. The van der Waals surface area contributed by atoms with E-state index in [-0.39, 0.29) is 18.8 Å². The maximum Gasteiger partial charge on any atom is 0.330 e. The largest absolute Gasteiger partial charge is 0.493 e. The van der Waals surface area contributed by atoms with Crippen molar-refractivity contribution in [1.29, 1.82) is 0 Å². The molecule has 0 unspecified atom stereocenters. The molecular formula is C26H32N4O4. The van der Waals surface area contributed by atoms with E-state index in [9.17, 15) is 10.0 Å². The molecule has 1 aromatic heterocycles. The standard InChI is InChI=1S/C26H32N4O4/c1-6-34-23-13-19-7-9-29-21(20(19)14-22(23)33-5)15-24(30(26(29)31)10-8-27-32)28-25-17(3)11-16(2)12-18(25)4/h11-15,27,32H,6-10H2,1-5H3/b28-24+. The van der Waals surface area contributed by atoms with Gasteiger partial charge in [-0.05, 0) is 62.9 Å². The van der Waals surface area contributed by atoms with Crippen molar-refractivity contribution in [2.45, 2.75) is 47.2 Å². The SMILES string of the molecule is CCOc1cc2c(cc1OC)-c1c/c(=N\c3c(C)cc(C)cc3C)n(CCNO)c(=O)n1CC2. The smallest absolute Gasteiger partial charge is 0.330 e. The molecule has 0 saturated carbocycles. The molecule has 2 N–H and O–H groups in total. The fourth-order valence-electron chi connectivity index (χ4n) is 4.70. The summed E-state index contributed by atoms with van der Waals surface area (Å²) in [6, 6.07) is 10.1. The number of hydrogen-bond acceptors (Lipinski definition) is 6. The molecule has 180 valence electrons. The van der Waals surface area contributed by atoms with E-state index >= 15 is 0 Å². The van der Waals surface area contributed by atoms with E-state index in [4.69, 9.17) is 14.5 Å². The van der Waals surface area contributed by atoms with Crippen LogP contribution >= 0.6 is 0 Å². The molecule has 2 aromatic carbocycles. The lowest BCUT2D eigenvalue weighted by molar-refractivity contribution is 0.161. The van der Waals surface area contributed by atoms with Gasteiger partial charge in [0.25, 0.3) is 0 Å². The van der Waals surface area contributed by atoms with Crippen LogP contribution in [0.5, 0.6) is 11.5 Å². The van der Waals surface area contributed by atoms with E-state index in [2.05, 4.69) is 24.5 Å². The van der Waals surface area contributed by atoms with E-state index in [0.717, 1.165) is 33.6 Å². The zero-order chi connectivity index (χ0) is 24.4. The predicted molar refractivity (Wildman–Crippen MR) is 131 cm³/mol. The number of methoxy groups -OCH3 is 1. The van der Waals surface area contributed by atoms with Gasteiger partial charge in [-0.2, -0.15) is 0 Å². The summed E-state index contributed by atoms with van der Waals surface area (Å²) in [6.45, 7) is 9.67. The Labute approximate surface area is 199 Å². The van der Waals surface area contributed by atoms with Gasteiger partial charge in [-0.1, -0.05) is 17.7 Å². The number of nitrogens with zero attached hydrogens (tertiary/aromatic N) is 3. The second-order valence-corrected chi connectivity index (χ2v) is 8.58. The van der Waals surface area contributed by atoms with Crippen LogP contribution in [-0.2, 0) is 19.5 Å². The summed E-state index contributed by atoms with van der Waals surface area (Å²) in [5.41, 5.74) is 9.48. The van der Waals surface area contributed by atoms with Crippen molar-refractivity contribution in [3.63, 3.8) is 0 Å². The molecule has 0 saturated heterocycles. The number of ether oxygens (including phenoxy) is 2. The van der Waals surface area contributed by atoms with Crippen LogP contribution in [-0.4, -0.2) is 34.6 Å². The van der Waals surface area contributed by atoms with Crippen LogP contribution in [0.3, 0.4) is 0 Å². The molecule has 4 rings (SSSR count). The highest BCUT2D eigenvalue weighted by molar-refractivity contribution is 5.70. The number of fused-ring (bicyclic) bond motifs is 3. The molecule has 34 heavy (non-hydrogen) atoms. The normalized spacial score (nSPS) is 12.9. The van der Waals surface area contributed by atoms with Crippen molar-refractivity contribution >= 4 is 5.69 Å². The third-order valence-electron chi connectivity index (χ3n) is 6.17. The molecule has 0 bridgehead atoms. The monoisotopic (exact) mass is 464 g/mol. The average molecular weight is 465 g/mol.